The van der Waals surface area contributed by atoms with E-state index in [9.17, 15) is 14.4 Å². The van der Waals surface area contributed by atoms with Gasteiger partial charge in [-0.05, 0) is 5.53 Å². The van der Waals surface area contributed by atoms with E-state index in [1.165, 1.54) is 0 Å². The van der Waals surface area contributed by atoms with Crippen molar-refractivity contribution in [1.29, 1.82) is 5.41 Å². The fraction of sp³-hybridized carbons (Fsp3) is 0.714. The fourth-order valence-electron chi connectivity index (χ4n) is 2.35. The Bertz CT molecular complexity index is 709. The molecule has 2 unspecified atom stereocenters. The molecule has 29 heavy (non-hydrogen) atoms. The van der Waals surface area contributed by atoms with Crippen molar-refractivity contribution in [3.05, 3.63) is 10.4 Å². The van der Waals surface area contributed by atoms with Crippen LogP contribution < -0.4 is 0 Å². The van der Waals surface area contributed by atoms with E-state index >= 15 is 0 Å². The first kappa shape index (κ1) is 25.1. The highest BCUT2D eigenvalue weighted by Crippen LogP contribution is 2.33. The number of rotatable bonds is 6. The zero-order chi connectivity index (χ0) is 22.4. The first-order chi connectivity index (χ1) is 13.4. The number of azide groups is 1. The first-order valence-corrected chi connectivity index (χ1v) is 9.00. The summed E-state index contributed by atoms with van der Waals surface area (Å²) in [4.78, 5) is 36.9. The molecule has 1 rings (SSSR count). The third-order valence-corrected chi connectivity index (χ3v) is 3.86. The molecule has 0 amide bonds. The smallest absolute Gasteiger partial charge is 0.303 e. The number of carbonyl (C=O) groups is 3. The molecule has 0 aliphatic carbocycles. The topological polar surface area (TPSA) is 170 Å². The van der Waals surface area contributed by atoms with Gasteiger partial charge in [-0.15, -0.1) is 0 Å². The van der Waals surface area contributed by atoms with Gasteiger partial charge in [-0.3, -0.25) is 19.8 Å². The van der Waals surface area contributed by atoms with Gasteiger partial charge in [0, 0.05) is 25.7 Å². The minimum absolute atomic E-state index is 0.449. The summed E-state index contributed by atoms with van der Waals surface area (Å²) >= 11 is 16.7. The monoisotopic (exact) mass is 474 g/mol. The molecule has 0 aromatic heterocycles. The van der Waals surface area contributed by atoms with Crippen LogP contribution >= 0.6 is 34.8 Å². The van der Waals surface area contributed by atoms with Crippen LogP contribution in [0.15, 0.2) is 5.11 Å². The minimum Gasteiger partial charge on any atom is -0.463 e. The summed E-state index contributed by atoms with van der Waals surface area (Å²) in [6.45, 7) is 2.82. The maximum Gasteiger partial charge on any atom is 0.303 e. The SMILES string of the molecule is CC(=O)OCC1O[C@@H](OC(=N)C(Cl)(Cl)Cl)C(N=[N+]=[N-])[C@@H](OC(C)=O)[C@@H]1OC(C)=O. The molecule has 1 N–H and O–H groups in total. The van der Waals surface area contributed by atoms with Crippen LogP contribution in [0.5, 0.6) is 0 Å². The van der Waals surface area contributed by atoms with Crippen LogP contribution in [-0.2, 0) is 38.1 Å². The van der Waals surface area contributed by atoms with Crippen molar-refractivity contribution in [2.24, 2.45) is 5.11 Å². The van der Waals surface area contributed by atoms with Crippen LogP contribution in [0, 0.1) is 5.41 Å². The lowest BCUT2D eigenvalue weighted by atomic mass is 9.97. The highest BCUT2D eigenvalue weighted by atomic mass is 35.6. The highest BCUT2D eigenvalue weighted by Gasteiger charge is 2.52. The normalized spacial score (nSPS) is 26.5. The summed E-state index contributed by atoms with van der Waals surface area (Å²) in [6.07, 6.45) is -5.60. The fourth-order valence-corrected chi connectivity index (χ4v) is 2.48. The summed E-state index contributed by atoms with van der Waals surface area (Å²) in [5.74, 6) is -3.16. The summed E-state index contributed by atoms with van der Waals surface area (Å²) in [6, 6.07) is -1.45. The molecule has 1 heterocycles. The first-order valence-electron chi connectivity index (χ1n) is 7.86. The maximum atomic E-state index is 11.6. The zero-order valence-electron chi connectivity index (χ0n) is 15.3. The minimum atomic E-state index is -2.28. The Morgan fingerprint density at radius 3 is 2.07 bits per heavy atom. The third kappa shape index (κ3) is 7.75. The molecule has 162 valence electrons. The van der Waals surface area contributed by atoms with E-state index in [0.29, 0.717) is 0 Å². The van der Waals surface area contributed by atoms with Crippen LogP contribution in [0.25, 0.3) is 10.4 Å². The molecule has 5 atom stereocenters. The number of alkyl halides is 3. The van der Waals surface area contributed by atoms with Crippen LogP contribution in [0.2, 0.25) is 0 Å². The van der Waals surface area contributed by atoms with E-state index in [1.807, 2.05) is 0 Å². The number of carbonyl (C=O) groups excluding carboxylic acids is 3. The Morgan fingerprint density at radius 2 is 1.62 bits per heavy atom. The van der Waals surface area contributed by atoms with E-state index in [4.69, 9.17) is 69.4 Å². The van der Waals surface area contributed by atoms with Crippen molar-refractivity contribution in [1.82, 2.24) is 0 Å². The average molecular weight is 476 g/mol. The Kier molecular flexibility index (Phi) is 9.24. The zero-order valence-corrected chi connectivity index (χ0v) is 17.6. The number of ether oxygens (including phenoxy) is 5. The lowest BCUT2D eigenvalue weighted by molar-refractivity contribution is -0.256. The summed E-state index contributed by atoms with van der Waals surface area (Å²) in [7, 11) is 0. The van der Waals surface area contributed by atoms with Gasteiger partial charge in [0.05, 0.1) is 0 Å². The third-order valence-electron chi connectivity index (χ3n) is 3.35. The van der Waals surface area contributed by atoms with Crippen molar-refractivity contribution in [2.45, 2.75) is 55.2 Å². The predicted molar refractivity (Wildman–Crippen MR) is 98.4 cm³/mol. The molecule has 1 aliphatic heterocycles. The van der Waals surface area contributed by atoms with Crippen LogP contribution in [-0.4, -0.2) is 64.8 Å². The van der Waals surface area contributed by atoms with E-state index in [1.54, 1.807) is 0 Å². The molecule has 15 heteroatoms. The second kappa shape index (κ2) is 10.7. The van der Waals surface area contributed by atoms with Gasteiger partial charge >= 0.3 is 17.9 Å². The molecule has 0 spiro atoms. The maximum absolute atomic E-state index is 11.6. The van der Waals surface area contributed by atoms with Gasteiger partial charge in [-0.25, -0.2) is 0 Å². The van der Waals surface area contributed by atoms with E-state index in [2.05, 4.69) is 10.0 Å². The number of hydrogen-bond acceptors (Lipinski definition) is 10. The average Bonchev–Trinajstić information content (AvgIpc) is 2.56. The van der Waals surface area contributed by atoms with E-state index < -0.39 is 64.8 Å². The highest BCUT2D eigenvalue weighted by molar-refractivity contribution is 6.76. The molecule has 1 aliphatic rings. The van der Waals surface area contributed by atoms with Crippen molar-refractivity contribution in [3.63, 3.8) is 0 Å². The Labute approximate surface area is 179 Å². The number of hydrogen-bond donors (Lipinski definition) is 1. The van der Waals surface area contributed by atoms with Crippen molar-refractivity contribution in [3.8, 4) is 0 Å². The summed E-state index contributed by atoms with van der Waals surface area (Å²) in [5, 5.41) is 11.1. The molecule has 1 fully saturated rings. The summed E-state index contributed by atoms with van der Waals surface area (Å²) in [5.41, 5.74) is 8.89. The lowest BCUT2D eigenvalue weighted by Crippen LogP contribution is -2.61. The van der Waals surface area contributed by atoms with E-state index in [0.717, 1.165) is 20.8 Å². The second-order valence-corrected chi connectivity index (χ2v) is 7.92. The van der Waals surface area contributed by atoms with Crippen molar-refractivity contribution >= 4 is 58.6 Å². The summed E-state index contributed by atoms with van der Waals surface area (Å²) < 4.78 is 23.6. The predicted octanol–water partition coefficient (Wildman–Crippen LogP) is 2.18. The van der Waals surface area contributed by atoms with E-state index in [-0.39, 0.29) is 0 Å². The van der Waals surface area contributed by atoms with Gasteiger partial charge in [0.2, 0.25) is 12.2 Å². The van der Waals surface area contributed by atoms with Gasteiger partial charge < -0.3 is 23.7 Å². The molecule has 12 nitrogen and oxygen atoms in total. The number of nitrogens with zero attached hydrogens (tertiary/aromatic N) is 3. The molecule has 0 radical (unpaired) electrons. The number of esters is 3. The molecule has 1 saturated heterocycles. The van der Waals surface area contributed by atoms with Gasteiger partial charge in [-0.2, -0.15) is 0 Å². The number of nitrogens with one attached hydrogen (secondary N) is 1. The largest absolute Gasteiger partial charge is 0.463 e. The van der Waals surface area contributed by atoms with Gasteiger partial charge in [0.1, 0.15) is 18.8 Å². The second-order valence-electron chi connectivity index (χ2n) is 5.63. The van der Waals surface area contributed by atoms with Gasteiger partial charge in [0.15, 0.2) is 12.2 Å². The molecule has 0 aromatic carbocycles. The molecule has 0 aromatic rings. The molecule has 0 bridgehead atoms. The van der Waals surface area contributed by atoms with Crippen molar-refractivity contribution in [2.75, 3.05) is 6.61 Å². The van der Waals surface area contributed by atoms with Crippen LogP contribution in [0.1, 0.15) is 20.8 Å². The molecular weight excluding hydrogens is 459 g/mol. The Morgan fingerprint density at radius 1 is 1.07 bits per heavy atom. The number of halogens is 3. The van der Waals surface area contributed by atoms with Crippen molar-refractivity contribution < 1.29 is 38.1 Å². The van der Waals surface area contributed by atoms with Crippen LogP contribution in [0.3, 0.4) is 0 Å². The lowest BCUT2D eigenvalue weighted by Gasteiger charge is -2.43. The molecular formula is C14H17Cl3N4O8. The van der Waals surface area contributed by atoms with Gasteiger partial charge in [0.25, 0.3) is 3.79 Å². The van der Waals surface area contributed by atoms with Crippen LogP contribution in [0.4, 0.5) is 0 Å². The quantitative estimate of drug-likeness (QED) is 0.0890. The Hall–Kier alpha value is -1.98. The van der Waals surface area contributed by atoms with Gasteiger partial charge in [-0.1, -0.05) is 39.9 Å². The molecule has 0 saturated carbocycles. The standard InChI is InChI=1S/C14H17Cl3N4O8/c1-5(22)25-4-8-10(26-6(2)23)11(27-7(3)24)9(20-21-19)12(28-8)29-13(18)14(15,16)17/h8-12,18H,4H2,1-3H3/t8?,9?,10-,11-,12+/m1/s1. The Balaban J connectivity index is 3.35.